The minimum atomic E-state index is -1.38. The summed E-state index contributed by atoms with van der Waals surface area (Å²) in [6.07, 6.45) is 0. The van der Waals surface area contributed by atoms with Crippen molar-refractivity contribution in [3.8, 4) is 0 Å². The van der Waals surface area contributed by atoms with E-state index in [9.17, 15) is 0 Å². The molecule has 1 aromatic rings. The molecule has 3 heteroatoms. The summed E-state index contributed by atoms with van der Waals surface area (Å²) in [6, 6.07) is 11.1. The summed E-state index contributed by atoms with van der Waals surface area (Å²) in [5.41, 5.74) is 0. The topological polar surface area (TPSA) is 0 Å². The molecule has 0 unspecified atom stereocenters. The van der Waals surface area contributed by atoms with Gasteiger partial charge in [-0.2, -0.15) is 0 Å². The Morgan fingerprint density at radius 2 is 1.33 bits per heavy atom. The van der Waals surface area contributed by atoms with Gasteiger partial charge in [0.1, 0.15) is 0 Å². The monoisotopic (exact) mass is 296 g/mol. The molecule has 82 valence electrons. The van der Waals surface area contributed by atoms with E-state index in [1.165, 1.54) is 0 Å². The van der Waals surface area contributed by atoms with Gasteiger partial charge in [-0.1, -0.05) is 0 Å². The van der Waals surface area contributed by atoms with Crippen molar-refractivity contribution in [2.24, 2.45) is 0 Å². The molecule has 0 saturated carbocycles. The second kappa shape index (κ2) is 6.99. The van der Waals surface area contributed by atoms with Gasteiger partial charge in [0, 0.05) is 0 Å². The third-order valence-corrected chi connectivity index (χ3v) is 21.7. The predicted octanol–water partition coefficient (Wildman–Crippen LogP) is 3.67. The first-order valence-corrected chi connectivity index (χ1v) is 14.5. The zero-order chi connectivity index (χ0) is 11.3. The molecule has 0 aliphatic rings. The van der Waals surface area contributed by atoms with Gasteiger partial charge in [-0.25, -0.2) is 0 Å². The van der Waals surface area contributed by atoms with Crippen LogP contribution in [0.2, 0.25) is 0 Å². The molecule has 0 nitrogen and oxygen atoms in total. The summed E-state index contributed by atoms with van der Waals surface area (Å²) in [7, 11) is 4.46. The SMILES string of the molecule is CC(C)[S][Ga]([S]C(C)C)[c]1ccccc1. The molecule has 0 saturated heterocycles. The van der Waals surface area contributed by atoms with Gasteiger partial charge in [0.05, 0.1) is 0 Å². The Morgan fingerprint density at radius 1 is 0.867 bits per heavy atom. The van der Waals surface area contributed by atoms with Crippen LogP contribution in [0.1, 0.15) is 27.7 Å². The molecule has 0 bridgehead atoms. The molecule has 0 aliphatic heterocycles. The maximum atomic E-state index is 2.31. The Hall–Kier alpha value is 0.556. The van der Waals surface area contributed by atoms with Crippen LogP contribution in [0.15, 0.2) is 30.3 Å². The molecule has 1 aromatic carbocycles. The summed E-state index contributed by atoms with van der Waals surface area (Å²) >= 11 is -1.38. The summed E-state index contributed by atoms with van der Waals surface area (Å²) in [5, 5.41) is 1.53. The average Bonchev–Trinajstić information content (AvgIpc) is 2.17. The van der Waals surface area contributed by atoms with E-state index in [2.05, 4.69) is 77.4 Å². The van der Waals surface area contributed by atoms with Crippen LogP contribution < -0.4 is 4.12 Å². The molecule has 0 aromatic heterocycles. The zero-order valence-corrected chi connectivity index (χ0v) is 14.0. The van der Waals surface area contributed by atoms with E-state index in [0.717, 1.165) is 10.5 Å². The van der Waals surface area contributed by atoms with Crippen molar-refractivity contribution in [3.05, 3.63) is 30.3 Å². The Bertz CT molecular complexity index is 262. The van der Waals surface area contributed by atoms with Gasteiger partial charge in [0.15, 0.2) is 0 Å². The number of hydrogen-bond donors (Lipinski definition) is 0. The molecule has 0 atom stereocenters. The first-order chi connectivity index (χ1) is 7.09. The van der Waals surface area contributed by atoms with Crippen molar-refractivity contribution in [2.45, 2.75) is 38.2 Å². The molecule has 15 heavy (non-hydrogen) atoms. The third kappa shape index (κ3) is 5.43. The molecule has 0 amide bonds. The van der Waals surface area contributed by atoms with Gasteiger partial charge >= 0.3 is 106 Å². The van der Waals surface area contributed by atoms with Gasteiger partial charge < -0.3 is 0 Å². The van der Waals surface area contributed by atoms with Gasteiger partial charge in [-0.3, -0.25) is 0 Å². The zero-order valence-electron chi connectivity index (χ0n) is 9.94. The van der Waals surface area contributed by atoms with E-state index in [-0.39, 0.29) is 0 Å². The van der Waals surface area contributed by atoms with Crippen LogP contribution in [0.25, 0.3) is 0 Å². The second-order valence-corrected chi connectivity index (χ2v) is 19.2. The molecule has 0 fully saturated rings. The molecule has 0 N–H and O–H groups in total. The van der Waals surface area contributed by atoms with Crippen LogP contribution in [0.3, 0.4) is 0 Å². The van der Waals surface area contributed by atoms with Crippen LogP contribution >= 0.6 is 19.4 Å². The molecular formula is C12H19GaS2. The average molecular weight is 297 g/mol. The summed E-state index contributed by atoms with van der Waals surface area (Å²) < 4.78 is 1.63. The van der Waals surface area contributed by atoms with Gasteiger partial charge in [0.2, 0.25) is 0 Å². The minimum absolute atomic E-state index is 0.765. The fraction of sp³-hybridized carbons (Fsp3) is 0.500. The van der Waals surface area contributed by atoms with Crippen molar-refractivity contribution < 1.29 is 0 Å². The number of benzene rings is 1. The van der Waals surface area contributed by atoms with Gasteiger partial charge in [-0.15, -0.1) is 0 Å². The van der Waals surface area contributed by atoms with Crippen molar-refractivity contribution in [1.29, 1.82) is 0 Å². The summed E-state index contributed by atoms with van der Waals surface area (Å²) in [6.45, 7) is 9.25. The molecule has 0 heterocycles. The Kier molecular flexibility index (Phi) is 6.35. The van der Waals surface area contributed by atoms with Crippen LogP contribution in [0, 0.1) is 0 Å². The molecule has 1 rings (SSSR count). The van der Waals surface area contributed by atoms with Crippen molar-refractivity contribution in [3.63, 3.8) is 0 Å². The molecule has 0 spiro atoms. The van der Waals surface area contributed by atoms with Crippen molar-refractivity contribution in [1.82, 2.24) is 0 Å². The van der Waals surface area contributed by atoms with E-state index in [1.807, 2.05) is 0 Å². The Balaban J connectivity index is 2.72. The predicted molar refractivity (Wildman–Crippen MR) is 77.3 cm³/mol. The fourth-order valence-electron chi connectivity index (χ4n) is 1.29. The van der Waals surface area contributed by atoms with Crippen LogP contribution in [0.5, 0.6) is 0 Å². The Morgan fingerprint density at radius 3 is 1.73 bits per heavy atom. The molecular weight excluding hydrogens is 278 g/mol. The van der Waals surface area contributed by atoms with Crippen LogP contribution in [0.4, 0.5) is 0 Å². The summed E-state index contributed by atoms with van der Waals surface area (Å²) in [4.78, 5) is 0. The van der Waals surface area contributed by atoms with Crippen LogP contribution in [-0.4, -0.2) is 24.3 Å². The molecule has 0 radical (unpaired) electrons. The molecule has 0 aliphatic carbocycles. The van der Waals surface area contributed by atoms with E-state index >= 15 is 0 Å². The number of hydrogen-bond acceptors (Lipinski definition) is 2. The fourth-order valence-corrected chi connectivity index (χ4v) is 22.0. The maximum absolute atomic E-state index is 2.31. The standard InChI is InChI=1S/C6H5.2C3H8S.Ga/c1-2-4-6-5-3-1;2*1-3(2)4;/h1-5H;2*3-4H,1-2H3;/q;;;+2/p-2. The van der Waals surface area contributed by atoms with Crippen LogP contribution in [-0.2, 0) is 0 Å². The normalized spacial score (nSPS) is 11.1. The third-order valence-electron chi connectivity index (χ3n) is 1.86. The van der Waals surface area contributed by atoms with E-state index < -0.39 is 13.8 Å². The van der Waals surface area contributed by atoms with E-state index in [0.29, 0.717) is 0 Å². The van der Waals surface area contributed by atoms with Crippen molar-refractivity contribution in [2.75, 3.05) is 0 Å². The van der Waals surface area contributed by atoms with Gasteiger partial charge in [-0.05, 0) is 0 Å². The first kappa shape index (κ1) is 13.6. The summed E-state index contributed by atoms with van der Waals surface area (Å²) in [5.74, 6) is 0. The quantitative estimate of drug-likeness (QED) is 0.761. The first-order valence-electron chi connectivity index (χ1n) is 5.45. The van der Waals surface area contributed by atoms with E-state index in [1.54, 1.807) is 4.12 Å². The second-order valence-electron chi connectivity index (χ2n) is 4.11. The van der Waals surface area contributed by atoms with Gasteiger partial charge in [0.25, 0.3) is 0 Å². The van der Waals surface area contributed by atoms with Crippen molar-refractivity contribution >= 4 is 37.3 Å². The van der Waals surface area contributed by atoms with E-state index in [4.69, 9.17) is 0 Å². The number of rotatable bonds is 5. The Labute approximate surface area is 105 Å².